The van der Waals surface area contributed by atoms with E-state index < -0.39 is 0 Å². The number of rotatable bonds is 5. The van der Waals surface area contributed by atoms with E-state index in [-0.39, 0.29) is 0 Å². The molecular weight excluding hydrogens is 270 g/mol. The molecule has 0 saturated heterocycles. The van der Waals surface area contributed by atoms with E-state index in [1.807, 2.05) is 17.1 Å². The van der Waals surface area contributed by atoms with Gasteiger partial charge in [0.05, 0.1) is 10.8 Å². The van der Waals surface area contributed by atoms with Crippen molar-refractivity contribution in [2.45, 2.75) is 13.0 Å². The lowest BCUT2D eigenvalue weighted by Crippen LogP contribution is -2.07. The van der Waals surface area contributed by atoms with E-state index in [1.165, 1.54) is 0 Å². The third-order valence-corrected chi connectivity index (χ3v) is 2.47. The summed E-state index contributed by atoms with van der Waals surface area (Å²) in [5.41, 5.74) is 0. The molecule has 5 nitrogen and oxygen atoms in total. The highest BCUT2D eigenvalue weighted by Crippen LogP contribution is 2.06. The Morgan fingerprint density at radius 3 is 2.81 bits per heavy atom. The van der Waals surface area contributed by atoms with Gasteiger partial charge in [0.2, 0.25) is 5.95 Å². The third-order valence-electron chi connectivity index (χ3n) is 2.06. The van der Waals surface area contributed by atoms with Crippen molar-refractivity contribution in [3.63, 3.8) is 0 Å². The molecule has 0 radical (unpaired) electrons. The maximum Gasteiger partial charge on any atom is 0.222 e. The van der Waals surface area contributed by atoms with Crippen LogP contribution in [0.5, 0.6) is 0 Å². The molecule has 0 unspecified atom stereocenters. The lowest BCUT2D eigenvalue weighted by atomic mass is 10.4. The van der Waals surface area contributed by atoms with E-state index in [0.717, 1.165) is 24.0 Å². The Morgan fingerprint density at radius 2 is 2.12 bits per heavy atom. The van der Waals surface area contributed by atoms with Crippen LogP contribution in [0.4, 0.5) is 5.95 Å². The molecule has 2 heterocycles. The maximum absolute atomic E-state index is 4.12. The Hall–Kier alpha value is -1.43. The van der Waals surface area contributed by atoms with Crippen molar-refractivity contribution in [3.05, 3.63) is 35.6 Å². The minimum absolute atomic E-state index is 0.661. The highest BCUT2D eigenvalue weighted by atomic mass is 79.9. The topological polar surface area (TPSA) is 55.6 Å². The summed E-state index contributed by atoms with van der Waals surface area (Å²) in [6.45, 7) is 1.79. The van der Waals surface area contributed by atoms with Crippen LogP contribution in [0.2, 0.25) is 0 Å². The van der Waals surface area contributed by atoms with Crippen LogP contribution in [-0.2, 0) is 6.54 Å². The number of anilines is 1. The van der Waals surface area contributed by atoms with Crippen molar-refractivity contribution in [1.82, 2.24) is 19.5 Å². The summed E-state index contributed by atoms with van der Waals surface area (Å²) < 4.78 is 2.93. The number of hydrogen-bond donors (Lipinski definition) is 1. The molecule has 2 aromatic heterocycles. The molecule has 0 aromatic carbocycles. The molecular formula is C10H12BrN5. The Kier molecular flexibility index (Phi) is 3.87. The maximum atomic E-state index is 4.12. The second-order valence-electron chi connectivity index (χ2n) is 3.31. The first-order valence-corrected chi connectivity index (χ1v) is 5.81. The molecule has 0 fully saturated rings. The second-order valence-corrected chi connectivity index (χ2v) is 4.22. The molecule has 0 bridgehead atoms. The van der Waals surface area contributed by atoms with Crippen molar-refractivity contribution in [2.75, 3.05) is 11.9 Å². The molecule has 0 aliphatic carbocycles. The highest BCUT2D eigenvalue weighted by Gasteiger charge is 1.95. The van der Waals surface area contributed by atoms with Crippen LogP contribution < -0.4 is 5.32 Å². The predicted octanol–water partition coefficient (Wildman–Crippen LogP) is 1.94. The van der Waals surface area contributed by atoms with E-state index in [2.05, 4.69) is 36.2 Å². The van der Waals surface area contributed by atoms with Gasteiger partial charge in [-0.2, -0.15) is 0 Å². The number of hydrogen-bond acceptors (Lipinski definition) is 4. The number of nitrogens with zero attached hydrogens (tertiary/aromatic N) is 4. The monoisotopic (exact) mass is 281 g/mol. The van der Waals surface area contributed by atoms with Crippen LogP contribution in [0.15, 0.2) is 35.6 Å². The number of nitrogens with one attached hydrogen (secondary N) is 1. The zero-order valence-corrected chi connectivity index (χ0v) is 10.3. The van der Waals surface area contributed by atoms with Crippen molar-refractivity contribution in [1.29, 1.82) is 0 Å². The third kappa shape index (κ3) is 3.30. The van der Waals surface area contributed by atoms with Gasteiger partial charge in [0.25, 0.3) is 0 Å². The quantitative estimate of drug-likeness (QED) is 0.851. The first kappa shape index (κ1) is 11.1. The van der Waals surface area contributed by atoms with E-state index in [0.29, 0.717) is 5.95 Å². The standard InChI is InChI=1S/C10H12BrN5/c11-9-6-14-10(15-7-9)13-2-1-4-16-5-3-12-8-16/h3,5-8H,1-2,4H2,(H,13,14,15). The molecule has 0 amide bonds. The normalized spacial score (nSPS) is 10.3. The van der Waals surface area contributed by atoms with Crippen LogP contribution >= 0.6 is 15.9 Å². The van der Waals surface area contributed by atoms with Crippen LogP contribution in [-0.4, -0.2) is 26.1 Å². The summed E-state index contributed by atoms with van der Waals surface area (Å²) in [5.74, 6) is 0.661. The Bertz CT molecular complexity index is 411. The van der Waals surface area contributed by atoms with Crippen LogP contribution in [0.25, 0.3) is 0 Å². The molecule has 0 saturated carbocycles. The molecule has 0 aliphatic heterocycles. The van der Waals surface area contributed by atoms with Gasteiger partial charge in [-0.1, -0.05) is 0 Å². The summed E-state index contributed by atoms with van der Waals surface area (Å²) in [6, 6.07) is 0. The summed E-state index contributed by atoms with van der Waals surface area (Å²) in [7, 11) is 0. The van der Waals surface area contributed by atoms with Gasteiger partial charge in [-0.15, -0.1) is 0 Å². The van der Waals surface area contributed by atoms with Crippen molar-refractivity contribution in [2.24, 2.45) is 0 Å². The first-order valence-electron chi connectivity index (χ1n) is 5.02. The van der Waals surface area contributed by atoms with Crippen molar-refractivity contribution < 1.29 is 0 Å². The van der Waals surface area contributed by atoms with Crippen molar-refractivity contribution >= 4 is 21.9 Å². The van der Waals surface area contributed by atoms with Gasteiger partial charge in [0, 0.05) is 37.9 Å². The smallest absolute Gasteiger partial charge is 0.222 e. The number of halogens is 1. The first-order chi connectivity index (χ1) is 7.84. The zero-order valence-electron chi connectivity index (χ0n) is 8.67. The fourth-order valence-electron chi connectivity index (χ4n) is 1.28. The zero-order chi connectivity index (χ0) is 11.2. The lowest BCUT2D eigenvalue weighted by Gasteiger charge is -2.04. The fraction of sp³-hybridized carbons (Fsp3) is 0.300. The average Bonchev–Trinajstić information content (AvgIpc) is 2.80. The van der Waals surface area contributed by atoms with Gasteiger partial charge in [0.1, 0.15) is 0 Å². The Labute approximate surface area is 102 Å². The summed E-state index contributed by atoms with van der Waals surface area (Å²) in [5, 5.41) is 3.16. The molecule has 2 rings (SSSR count). The van der Waals surface area contributed by atoms with Gasteiger partial charge >= 0.3 is 0 Å². The highest BCUT2D eigenvalue weighted by molar-refractivity contribution is 9.10. The second kappa shape index (κ2) is 5.60. The lowest BCUT2D eigenvalue weighted by molar-refractivity contribution is 0.659. The van der Waals surface area contributed by atoms with E-state index in [4.69, 9.17) is 0 Å². The van der Waals surface area contributed by atoms with Gasteiger partial charge in [0.15, 0.2) is 0 Å². The number of aromatic nitrogens is 4. The summed E-state index contributed by atoms with van der Waals surface area (Å²) in [4.78, 5) is 12.2. The van der Waals surface area contributed by atoms with Crippen LogP contribution in [0.1, 0.15) is 6.42 Å². The molecule has 0 spiro atoms. The van der Waals surface area contributed by atoms with E-state index in [9.17, 15) is 0 Å². The number of aryl methyl sites for hydroxylation is 1. The minimum Gasteiger partial charge on any atom is -0.354 e. The van der Waals surface area contributed by atoms with Crippen LogP contribution in [0.3, 0.4) is 0 Å². The molecule has 84 valence electrons. The molecule has 6 heteroatoms. The van der Waals surface area contributed by atoms with Crippen LogP contribution in [0, 0.1) is 0 Å². The minimum atomic E-state index is 0.661. The molecule has 0 aliphatic rings. The predicted molar refractivity (Wildman–Crippen MR) is 65.1 cm³/mol. The average molecular weight is 282 g/mol. The van der Waals surface area contributed by atoms with E-state index >= 15 is 0 Å². The van der Waals surface area contributed by atoms with E-state index in [1.54, 1.807) is 18.6 Å². The Morgan fingerprint density at radius 1 is 1.31 bits per heavy atom. The van der Waals surface area contributed by atoms with Gasteiger partial charge < -0.3 is 9.88 Å². The van der Waals surface area contributed by atoms with Crippen molar-refractivity contribution in [3.8, 4) is 0 Å². The molecule has 1 N–H and O–H groups in total. The summed E-state index contributed by atoms with van der Waals surface area (Å²) in [6.07, 6.45) is 10.0. The van der Waals surface area contributed by atoms with Gasteiger partial charge in [-0.25, -0.2) is 15.0 Å². The Balaban J connectivity index is 1.70. The largest absolute Gasteiger partial charge is 0.354 e. The fourth-order valence-corrected chi connectivity index (χ4v) is 1.49. The summed E-state index contributed by atoms with van der Waals surface area (Å²) >= 11 is 3.29. The molecule has 0 atom stereocenters. The molecule has 16 heavy (non-hydrogen) atoms. The number of imidazole rings is 1. The molecule has 2 aromatic rings. The van der Waals surface area contributed by atoms with Gasteiger partial charge in [-0.05, 0) is 22.4 Å². The SMILES string of the molecule is Brc1cnc(NCCCn2ccnc2)nc1. The van der Waals surface area contributed by atoms with Gasteiger partial charge in [-0.3, -0.25) is 0 Å².